The van der Waals surface area contributed by atoms with Gasteiger partial charge in [0, 0.05) is 7.05 Å². The molecular formula is C9H12N2O3. The van der Waals surface area contributed by atoms with E-state index in [0.717, 1.165) is 4.57 Å². The van der Waals surface area contributed by atoms with Crippen LogP contribution in [-0.2, 0) is 13.5 Å². The van der Waals surface area contributed by atoms with E-state index >= 15 is 0 Å². The Kier molecular flexibility index (Phi) is 2.60. The van der Waals surface area contributed by atoms with E-state index in [1.807, 2.05) is 0 Å². The average molecular weight is 196 g/mol. The summed E-state index contributed by atoms with van der Waals surface area (Å²) in [5.41, 5.74) is 5.26. The maximum Gasteiger partial charge on any atom is 0.341 e. The third-order valence-electron chi connectivity index (χ3n) is 2.14. The van der Waals surface area contributed by atoms with Gasteiger partial charge in [-0.25, -0.2) is 4.79 Å². The summed E-state index contributed by atoms with van der Waals surface area (Å²) in [6.07, 6.45) is 0.474. The van der Waals surface area contributed by atoms with Crippen molar-refractivity contribution in [3.05, 3.63) is 27.5 Å². The highest BCUT2D eigenvalue weighted by Crippen LogP contribution is 2.09. The van der Waals surface area contributed by atoms with Crippen LogP contribution in [0.3, 0.4) is 0 Å². The van der Waals surface area contributed by atoms with Gasteiger partial charge in [0.2, 0.25) is 0 Å². The first-order valence-electron chi connectivity index (χ1n) is 4.20. The molecule has 14 heavy (non-hydrogen) atoms. The van der Waals surface area contributed by atoms with Gasteiger partial charge in [0.15, 0.2) is 0 Å². The number of aromatic nitrogens is 1. The third kappa shape index (κ3) is 1.48. The molecule has 0 amide bonds. The molecule has 0 radical (unpaired) electrons. The lowest BCUT2D eigenvalue weighted by molar-refractivity contribution is 0.0693. The lowest BCUT2D eigenvalue weighted by atomic mass is 10.1. The molecule has 0 aromatic carbocycles. The van der Waals surface area contributed by atoms with E-state index in [4.69, 9.17) is 10.8 Å². The van der Waals surface area contributed by atoms with Crippen molar-refractivity contribution >= 4 is 11.8 Å². The molecule has 1 heterocycles. The molecule has 0 fully saturated rings. The molecular weight excluding hydrogens is 184 g/mol. The highest BCUT2D eigenvalue weighted by atomic mass is 16.4. The van der Waals surface area contributed by atoms with Crippen LogP contribution in [0.4, 0.5) is 5.82 Å². The van der Waals surface area contributed by atoms with Crippen molar-refractivity contribution in [2.24, 2.45) is 7.05 Å². The van der Waals surface area contributed by atoms with E-state index in [-0.39, 0.29) is 11.4 Å². The number of carbonyl (C=O) groups is 1. The number of nitrogens with zero attached hydrogens (tertiary/aromatic N) is 1. The SMILES string of the molecule is CCc1cc(N)n(C)c(=O)c1C(=O)O. The van der Waals surface area contributed by atoms with Crippen LogP contribution in [0.25, 0.3) is 0 Å². The van der Waals surface area contributed by atoms with Gasteiger partial charge in [-0.1, -0.05) is 6.92 Å². The Bertz CT molecular complexity index is 434. The van der Waals surface area contributed by atoms with Crippen molar-refractivity contribution in [2.75, 3.05) is 5.73 Å². The fourth-order valence-electron chi connectivity index (χ4n) is 1.28. The van der Waals surface area contributed by atoms with Crippen molar-refractivity contribution < 1.29 is 9.90 Å². The summed E-state index contributed by atoms with van der Waals surface area (Å²) in [6.45, 7) is 1.78. The molecule has 0 saturated heterocycles. The summed E-state index contributed by atoms with van der Waals surface area (Å²) in [5, 5.41) is 8.84. The predicted molar refractivity (Wildman–Crippen MR) is 52.4 cm³/mol. The Morgan fingerprint density at radius 3 is 2.64 bits per heavy atom. The summed E-state index contributed by atoms with van der Waals surface area (Å²) in [5.74, 6) is -0.931. The van der Waals surface area contributed by atoms with Crippen molar-refractivity contribution in [1.82, 2.24) is 4.57 Å². The first kappa shape index (κ1) is 10.3. The lowest BCUT2D eigenvalue weighted by Crippen LogP contribution is -2.28. The second-order valence-electron chi connectivity index (χ2n) is 2.99. The fraction of sp³-hybridized carbons (Fsp3) is 0.333. The molecule has 1 aromatic heterocycles. The number of rotatable bonds is 2. The van der Waals surface area contributed by atoms with Crippen molar-refractivity contribution in [3.63, 3.8) is 0 Å². The number of nitrogens with two attached hydrogens (primary N) is 1. The number of hydrogen-bond acceptors (Lipinski definition) is 3. The minimum absolute atomic E-state index is 0.191. The van der Waals surface area contributed by atoms with Crippen LogP contribution < -0.4 is 11.3 Å². The van der Waals surface area contributed by atoms with Gasteiger partial charge in [-0.3, -0.25) is 9.36 Å². The molecule has 1 rings (SSSR count). The van der Waals surface area contributed by atoms with E-state index < -0.39 is 11.5 Å². The third-order valence-corrected chi connectivity index (χ3v) is 2.14. The number of aryl methyl sites for hydroxylation is 1. The monoisotopic (exact) mass is 196 g/mol. The molecule has 0 spiro atoms. The Balaban J connectivity index is 3.62. The predicted octanol–water partition coefficient (Wildman–Crippen LogP) is 0.228. The fourth-order valence-corrected chi connectivity index (χ4v) is 1.28. The van der Waals surface area contributed by atoms with E-state index in [2.05, 4.69) is 0 Å². The number of carboxylic acid groups (broad SMARTS) is 1. The van der Waals surface area contributed by atoms with Gasteiger partial charge in [-0.05, 0) is 18.1 Å². The zero-order chi connectivity index (χ0) is 10.9. The summed E-state index contributed by atoms with van der Waals surface area (Å²) in [4.78, 5) is 22.3. The number of pyridine rings is 1. The number of hydrogen-bond donors (Lipinski definition) is 2. The van der Waals surface area contributed by atoms with Gasteiger partial charge < -0.3 is 10.8 Å². The minimum Gasteiger partial charge on any atom is -0.477 e. The molecule has 1 aromatic rings. The van der Waals surface area contributed by atoms with Crippen LogP contribution in [-0.4, -0.2) is 15.6 Å². The van der Waals surface area contributed by atoms with Gasteiger partial charge in [0.05, 0.1) is 0 Å². The van der Waals surface area contributed by atoms with Gasteiger partial charge in [-0.2, -0.15) is 0 Å². The molecule has 0 aliphatic rings. The number of nitrogen functional groups attached to an aromatic ring is 1. The number of anilines is 1. The van der Waals surface area contributed by atoms with E-state index in [1.165, 1.54) is 13.1 Å². The maximum atomic E-state index is 11.5. The van der Waals surface area contributed by atoms with Gasteiger partial charge >= 0.3 is 5.97 Å². The lowest BCUT2D eigenvalue weighted by Gasteiger charge is -2.08. The first-order valence-corrected chi connectivity index (χ1v) is 4.20. The first-order chi connectivity index (χ1) is 6.49. The molecule has 0 saturated carbocycles. The quantitative estimate of drug-likeness (QED) is 0.708. The molecule has 0 bridgehead atoms. The molecule has 5 heteroatoms. The van der Waals surface area contributed by atoms with Gasteiger partial charge in [0.1, 0.15) is 11.4 Å². The van der Waals surface area contributed by atoms with E-state index in [9.17, 15) is 9.59 Å². The topological polar surface area (TPSA) is 85.3 Å². The highest BCUT2D eigenvalue weighted by molar-refractivity contribution is 5.89. The zero-order valence-electron chi connectivity index (χ0n) is 8.07. The van der Waals surface area contributed by atoms with Crippen LogP contribution in [0.1, 0.15) is 22.8 Å². The summed E-state index contributed by atoms with van der Waals surface area (Å²) >= 11 is 0. The van der Waals surface area contributed by atoms with Crippen LogP contribution in [0.2, 0.25) is 0 Å². The highest BCUT2D eigenvalue weighted by Gasteiger charge is 2.16. The van der Waals surface area contributed by atoms with Crippen molar-refractivity contribution in [2.45, 2.75) is 13.3 Å². The summed E-state index contributed by atoms with van der Waals surface area (Å²) in [6, 6.07) is 1.52. The average Bonchev–Trinajstić information content (AvgIpc) is 2.12. The largest absolute Gasteiger partial charge is 0.477 e. The Labute approximate surface area is 80.8 Å². The Morgan fingerprint density at radius 1 is 1.64 bits per heavy atom. The Hall–Kier alpha value is -1.78. The second kappa shape index (κ2) is 3.53. The van der Waals surface area contributed by atoms with Crippen molar-refractivity contribution in [3.8, 4) is 0 Å². The van der Waals surface area contributed by atoms with E-state index in [1.54, 1.807) is 6.92 Å². The molecule has 5 nitrogen and oxygen atoms in total. The molecule has 76 valence electrons. The standard InChI is InChI=1S/C9H12N2O3/c1-3-5-4-6(10)11(2)8(12)7(5)9(13)14/h4H,3,10H2,1-2H3,(H,13,14). The van der Waals surface area contributed by atoms with Crippen molar-refractivity contribution in [1.29, 1.82) is 0 Å². The molecule has 0 atom stereocenters. The van der Waals surface area contributed by atoms with Crippen LogP contribution in [0, 0.1) is 0 Å². The maximum absolute atomic E-state index is 11.5. The second-order valence-corrected chi connectivity index (χ2v) is 2.99. The van der Waals surface area contributed by atoms with Crippen LogP contribution in [0.15, 0.2) is 10.9 Å². The normalized spacial score (nSPS) is 10.1. The van der Waals surface area contributed by atoms with Gasteiger partial charge in [-0.15, -0.1) is 0 Å². The van der Waals surface area contributed by atoms with Crippen LogP contribution in [0.5, 0.6) is 0 Å². The molecule has 0 aliphatic heterocycles. The molecule has 0 aliphatic carbocycles. The summed E-state index contributed by atoms with van der Waals surface area (Å²) < 4.78 is 1.13. The number of carboxylic acids is 1. The minimum atomic E-state index is -1.21. The number of aromatic carboxylic acids is 1. The van der Waals surface area contributed by atoms with Crippen LogP contribution >= 0.6 is 0 Å². The van der Waals surface area contributed by atoms with Gasteiger partial charge in [0.25, 0.3) is 5.56 Å². The zero-order valence-corrected chi connectivity index (χ0v) is 8.07. The molecule has 0 unspecified atom stereocenters. The Morgan fingerprint density at radius 2 is 2.21 bits per heavy atom. The summed E-state index contributed by atoms with van der Waals surface area (Å²) in [7, 11) is 1.45. The molecule has 3 N–H and O–H groups in total. The smallest absolute Gasteiger partial charge is 0.341 e. The van der Waals surface area contributed by atoms with E-state index in [0.29, 0.717) is 12.0 Å².